The maximum atomic E-state index is 12.5. The van der Waals surface area contributed by atoms with E-state index in [1.54, 1.807) is 0 Å². The van der Waals surface area contributed by atoms with Gasteiger partial charge in [0, 0.05) is 30.7 Å². The van der Waals surface area contributed by atoms with Crippen LogP contribution in [0.2, 0.25) is 0 Å². The number of aromatic nitrogens is 1. The highest BCUT2D eigenvalue weighted by atomic mass is 19.1. The van der Waals surface area contributed by atoms with Gasteiger partial charge in [-0.15, -0.1) is 0 Å². The molecule has 1 aromatic heterocycles. The standard InChI is InChI=1S/C20H22FN3O2/c1-24(2)19-8-4-14(10-20(19)26-12-16(25)11-21)17-6-3-13-9-15(22)5-7-18(13)23-17/h3-10,16,25H,11-12,22H2,1-2H3. The summed E-state index contributed by atoms with van der Waals surface area (Å²) < 4.78 is 18.2. The number of pyridine rings is 1. The number of nitrogen functional groups attached to an aromatic ring is 1. The molecule has 6 heteroatoms. The Morgan fingerprint density at radius 1 is 1.15 bits per heavy atom. The van der Waals surface area contributed by atoms with Crippen LogP contribution in [0.25, 0.3) is 22.2 Å². The quantitative estimate of drug-likeness (QED) is 0.664. The molecule has 26 heavy (non-hydrogen) atoms. The first-order chi connectivity index (χ1) is 12.5. The number of nitrogens with zero attached hydrogens (tertiary/aromatic N) is 2. The number of hydrogen-bond donors (Lipinski definition) is 2. The molecule has 136 valence electrons. The Kier molecular flexibility index (Phi) is 5.23. The normalized spacial score (nSPS) is 12.2. The highest BCUT2D eigenvalue weighted by Gasteiger charge is 2.12. The summed E-state index contributed by atoms with van der Waals surface area (Å²) in [5.41, 5.74) is 9.87. The van der Waals surface area contributed by atoms with Crippen molar-refractivity contribution in [3.8, 4) is 17.0 Å². The van der Waals surface area contributed by atoms with Gasteiger partial charge in [0.05, 0.1) is 16.9 Å². The number of aliphatic hydroxyl groups is 1. The summed E-state index contributed by atoms with van der Waals surface area (Å²) in [5, 5.41) is 10.4. The van der Waals surface area contributed by atoms with Crippen molar-refractivity contribution < 1.29 is 14.2 Å². The molecule has 0 saturated heterocycles. The first kappa shape index (κ1) is 17.9. The van der Waals surface area contributed by atoms with Crippen LogP contribution in [-0.4, -0.2) is 43.6 Å². The zero-order chi connectivity index (χ0) is 18.7. The lowest BCUT2D eigenvalue weighted by Gasteiger charge is -2.19. The van der Waals surface area contributed by atoms with Gasteiger partial charge in [0.25, 0.3) is 0 Å². The Morgan fingerprint density at radius 3 is 2.69 bits per heavy atom. The van der Waals surface area contributed by atoms with Crippen LogP contribution in [0.15, 0.2) is 48.5 Å². The van der Waals surface area contributed by atoms with Gasteiger partial charge in [0.15, 0.2) is 0 Å². The van der Waals surface area contributed by atoms with Crippen LogP contribution in [0.1, 0.15) is 0 Å². The lowest BCUT2D eigenvalue weighted by atomic mass is 10.1. The van der Waals surface area contributed by atoms with Gasteiger partial charge in [-0.25, -0.2) is 9.37 Å². The lowest BCUT2D eigenvalue weighted by Crippen LogP contribution is -2.20. The molecule has 0 aliphatic heterocycles. The van der Waals surface area contributed by atoms with Gasteiger partial charge in [-0.2, -0.15) is 0 Å². The molecule has 3 N–H and O–H groups in total. The molecule has 0 fully saturated rings. The molecule has 0 saturated carbocycles. The molecule has 0 aliphatic rings. The summed E-state index contributed by atoms with van der Waals surface area (Å²) in [5.74, 6) is 0.569. The second kappa shape index (κ2) is 7.58. The number of halogens is 1. The van der Waals surface area contributed by atoms with Gasteiger partial charge in [-0.1, -0.05) is 12.1 Å². The molecule has 1 atom stereocenters. The molecule has 1 heterocycles. The molecule has 0 radical (unpaired) electrons. The Bertz CT molecular complexity index is 915. The lowest BCUT2D eigenvalue weighted by molar-refractivity contribution is 0.0844. The number of ether oxygens (including phenoxy) is 1. The Morgan fingerprint density at radius 2 is 1.96 bits per heavy atom. The second-order valence-corrected chi connectivity index (χ2v) is 6.34. The summed E-state index contributed by atoms with van der Waals surface area (Å²) >= 11 is 0. The minimum absolute atomic E-state index is 0.106. The fraction of sp³-hybridized carbons (Fsp3) is 0.250. The van der Waals surface area contributed by atoms with Crippen LogP contribution < -0.4 is 15.4 Å². The van der Waals surface area contributed by atoms with E-state index in [9.17, 15) is 9.50 Å². The molecule has 1 unspecified atom stereocenters. The van der Waals surface area contributed by atoms with E-state index >= 15 is 0 Å². The average Bonchev–Trinajstić information content (AvgIpc) is 2.65. The predicted octanol–water partition coefficient (Wildman–Crippen LogP) is 3.26. The summed E-state index contributed by atoms with van der Waals surface area (Å²) in [4.78, 5) is 6.58. The summed E-state index contributed by atoms with van der Waals surface area (Å²) in [7, 11) is 3.79. The SMILES string of the molecule is CN(C)c1ccc(-c2ccc3cc(N)ccc3n2)cc1OCC(O)CF. The third kappa shape index (κ3) is 3.86. The first-order valence-electron chi connectivity index (χ1n) is 8.33. The van der Waals surface area contributed by atoms with E-state index in [0.29, 0.717) is 11.4 Å². The van der Waals surface area contributed by atoms with Crippen molar-refractivity contribution >= 4 is 22.3 Å². The summed E-state index contributed by atoms with van der Waals surface area (Å²) in [6.07, 6.45) is -1.14. The number of anilines is 2. The van der Waals surface area contributed by atoms with Crippen molar-refractivity contribution in [3.05, 3.63) is 48.5 Å². The minimum Gasteiger partial charge on any atom is -0.489 e. The van der Waals surface area contributed by atoms with Gasteiger partial charge in [-0.05, 0) is 36.4 Å². The Labute approximate surface area is 151 Å². The topological polar surface area (TPSA) is 71.6 Å². The van der Waals surface area contributed by atoms with Crippen LogP contribution in [0.3, 0.4) is 0 Å². The molecule has 0 amide bonds. The van der Waals surface area contributed by atoms with Crippen LogP contribution in [0, 0.1) is 0 Å². The van der Waals surface area contributed by atoms with Crippen molar-refractivity contribution in [1.82, 2.24) is 4.98 Å². The Balaban J connectivity index is 1.98. The zero-order valence-corrected chi connectivity index (χ0v) is 14.8. The highest BCUT2D eigenvalue weighted by Crippen LogP contribution is 2.32. The number of fused-ring (bicyclic) bond motifs is 1. The zero-order valence-electron chi connectivity index (χ0n) is 14.8. The van der Waals surface area contributed by atoms with Crippen LogP contribution in [0.5, 0.6) is 5.75 Å². The number of alkyl halides is 1. The van der Waals surface area contributed by atoms with Gasteiger partial charge in [0.2, 0.25) is 0 Å². The monoisotopic (exact) mass is 355 g/mol. The predicted molar refractivity (Wildman–Crippen MR) is 103 cm³/mol. The maximum absolute atomic E-state index is 12.5. The molecular formula is C20H22FN3O2. The molecule has 0 bridgehead atoms. The summed E-state index contributed by atoms with van der Waals surface area (Å²) in [6.45, 7) is -0.947. The second-order valence-electron chi connectivity index (χ2n) is 6.34. The van der Waals surface area contributed by atoms with Crippen molar-refractivity contribution in [2.75, 3.05) is 38.0 Å². The number of benzene rings is 2. The number of hydrogen-bond acceptors (Lipinski definition) is 5. The number of aliphatic hydroxyl groups excluding tert-OH is 1. The van der Waals surface area contributed by atoms with Gasteiger partial charge >= 0.3 is 0 Å². The van der Waals surface area contributed by atoms with E-state index in [1.807, 2.05) is 67.5 Å². The molecule has 3 aromatic rings. The maximum Gasteiger partial charge on any atom is 0.143 e. The minimum atomic E-state index is -1.14. The third-order valence-corrected chi connectivity index (χ3v) is 4.06. The van der Waals surface area contributed by atoms with Crippen LogP contribution in [0.4, 0.5) is 15.8 Å². The van der Waals surface area contributed by atoms with E-state index in [2.05, 4.69) is 4.98 Å². The smallest absolute Gasteiger partial charge is 0.143 e. The molecule has 0 spiro atoms. The number of rotatable bonds is 6. The largest absolute Gasteiger partial charge is 0.489 e. The number of nitrogens with two attached hydrogens (primary N) is 1. The molecular weight excluding hydrogens is 333 g/mol. The van der Waals surface area contributed by atoms with Crippen LogP contribution in [-0.2, 0) is 0 Å². The van der Waals surface area contributed by atoms with Gasteiger partial charge in [-0.3, -0.25) is 0 Å². The van der Waals surface area contributed by atoms with E-state index in [-0.39, 0.29) is 6.61 Å². The van der Waals surface area contributed by atoms with Gasteiger partial charge in [0.1, 0.15) is 25.1 Å². The molecule has 0 aliphatic carbocycles. The fourth-order valence-corrected chi connectivity index (χ4v) is 2.69. The van der Waals surface area contributed by atoms with Crippen molar-refractivity contribution in [1.29, 1.82) is 0 Å². The molecule has 5 nitrogen and oxygen atoms in total. The molecule has 3 rings (SSSR count). The van der Waals surface area contributed by atoms with Crippen LogP contribution >= 0.6 is 0 Å². The third-order valence-electron chi connectivity index (χ3n) is 4.06. The van der Waals surface area contributed by atoms with Crippen molar-refractivity contribution in [2.24, 2.45) is 0 Å². The molecule has 2 aromatic carbocycles. The van der Waals surface area contributed by atoms with Gasteiger partial charge < -0.3 is 20.5 Å². The van der Waals surface area contributed by atoms with E-state index in [1.165, 1.54) is 0 Å². The highest BCUT2D eigenvalue weighted by molar-refractivity contribution is 5.84. The summed E-state index contributed by atoms with van der Waals surface area (Å²) in [6, 6.07) is 15.2. The van der Waals surface area contributed by atoms with E-state index < -0.39 is 12.8 Å². The Hall–Kier alpha value is -2.86. The fourth-order valence-electron chi connectivity index (χ4n) is 2.69. The first-order valence-corrected chi connectivity index (χ1v) is 8.33. The average molecular weight is 355 g/mol. The van der Waals surface area contributed by atoms with Crippen molar-refractivity contribution in [2.45, 2.75) is 6.10 Å². The van der Waals surface area contributed by atoms with E-state index in [4.69, 9.17) is 10.5 Å². The van der Waals surface area contributed by atoms with Crippen molar-refractivity contribution in [3.63, 3.8) is 0 Å². The van der Waals surface area contributed by atoms with E-state index in [0.717, 1.165) is 27.8 Å².